The minimum Gasteiger partial charge on any atom is -0.355 e. The molecule has 1 rings (SSSR count). The van der Waals surface area contributed by atoms with Gasteiger partial charge in [-0.3, -0.25) is 4.79 Å². The molecule has 0 saturated carbocycles. The Hall–Kier alpha value is -1.57. The van der Waals surface area contributed by atoms with Crippen molar-refractivity contribution in [1.29, 1.82) is 0 Å². The highest BCUT2D eigenvalue weighted by molar-refractivity contribution is 5.46. The van der Waals surface area contributed by atoms with Crippen molar-refractivity contribution in [1.82, 2.24) is 5.32 Å². The van der Waals surface area contributed by atoms with E-state index < -0.39 is 0 Å². The number of benzene rings is 1. The molecule has 2 nitrogen and oxygen atoms in total. The van der Waals surface area contributed by atoms with Crippen LogP contribution in [0.25, 0.3) is 0 Å². The Morgan fingerprint density at radius 1 is 0.895 bits per heavy atom. The van der Waals surface area contributed by atoms with E-state index in [4.69, 9.17) is 0 Å². The highest BCUT2D eigenvalue weighted by Gasteiger charge is 1.92. The molecule has 1 aromatic rings. The van der Waals surface area contributed by atoms with E-state index in [2.05, 4.69) is 41.7 Å². The summed E-state index contributed by atoms with van der Waals surface area (Å²) in [6.07, 6.45) is 13.7. The van der Waals surface area contributed by atoms with Crippen LogP contribution in [0.15, 0.2) is 42.5 Å². The van der Waals surface area contributed by atoms with Crippen LogP contribution >= 0.6 is 0 Å². The molecule has 0 unspecified atom stereocenters. The van der Waals surface area contributed by atoms with Crippen LogP contribution in [0.4, 0.5) is 0 Å². The maximum atomic E-state index is 10.00. The average Bonchev–Trinajstić information content (AvgIpc) is 2.46. The average molecular weight is 259 g/mol. The van der Waals surface area contributed by atoms with Gasteiger partial charge in [-0.1, -0.05) is 61.7 Å². The summed E-state index contributed by atoms with van der Waals surface area (Å²) >= 11 is 0. The molecule has 1 amide bonds. The van der Waals surface area contributed by atoms with Gasteiger partial charge in [-0.2, -0.15) is 0 Å². The van der Waals surface area contributed by atoms with Crippen LogP contribution in [0.1, 0.15) is 44.1 Å². The summed E-state index contributed by atoms with van der Waals surface area (Å²) in [6, 6.07) is 10.7. The van der Waals surface area contributed by atoms with Crippen LogP contribution in [0.3, 0.4) is 0 Å². The number of unbranched alkanes of at least 4 members (excludes halogenated alkanes) is 5. The topological polar surface area (TPSA) is 29.1 Å². The van der Waals surface area contributed by atoms with E-state index in [0.717, 1.165) is 12.8 Å². The Labute approximate surface area is 116 Å². The Kier molecular flexibility index (Phi) is 9.39. The molecule has 0 aliphatic rings. The van der Waals surface area contributed by atoms with E-state index in [1.54, 1.807) is 0 Å². The minimum absolute atomic E-state index is 0.653. The quantitative estimate of drug-likeness (QED) is 0.365. The Bertz CT molecular complexity index is 346. The van der Waals surface area contributed by atoms with Gasteiger partial charge >= 0.3 is 0 Å². The first-order chi connectivity index (χ1) is 9.43. The van der Waals surface area contributed by atoms with Crippen LogP contribution in [0.2, 0.25) is 0 Å². The number of rotatable bonds is 11. The highest BCUT2D eigenvalue weighted by Crippen LogP contribution is 2.09. The van der Waals surface area contributed by atoms with Gasteiger partial charge in [-0.25, -0.2) is 0 Å². The van der Waals surface area contributed by atoms with Crippen LogP contribution in [-0.4, -0.2) is 13.0 Å². The Morgan fingerprint density at radius 2 is 1.63 bits per heavy atom. The van der Waals surface area contributed by atoms with E-state index in [0.29, 0.717) is 6.54 Å². The molecule has 0 bridgehead atoms. The second kappa shape index (κ2) is 11.5. The van der Waals surface area contributed by atoms with Gasteiger partial charge in [-0.05, 0) is 31.2 Å². The molecule has 0 spiro atoms. The summed E-state index contributed by atoms with van der Waals surface area (Å²) < 4.78 is 0. The Morgan fingerprint density at radius 3 is 2.42 bits per heavy atom. The third-order valence-electron chi connectivity index (χ3n) is 3.16. The summed E-state index contributed by atoms with van der Waals surface area (Å²) in [5.74, 6) is 0. The van der Waals surface area contributed by atoms with Crippen molar-refractivity contribution in [3.8, 4) is 0 Å². The van der Waals surface area contributed by atoms with Crippen molar-refractivity contribution in [3.63, 3.8) is 0 Å². The first-order valence-electron chi connectivity index (χ1n) is 7.29. The predicted octanol–water partition coefficient (Wildman–Crippen LogP) is 3.87. The lowest BCUT2D eigenvalue weighted by Crippen LogP contribution is -2.09. The van der Waals surface area contributed by atoms with Crippen LogP contribution in [0, 0.1) is 0 Å². The minimum atomic E-state index is 0.653. The number of nitrogens with one attached hydrogen (secondary N) is 1. The van der Waals surface area contributed by atoms with Gasteiger partial charge in [0.25, 0.3) is 0 Å². The molecule has 1 N–H and O–H groups in total. The molecular formula is C17H25NO. The van der Waals surface area contributed by atoms with E-state index in [1.807, 2.05) is 6.08 Å². The highest BCUT2D eigenvalue weighted by atomic mass is 16.1. The molecular weight excluding hydrogens is 234 g/mol. The van der Waals surface area contributed by atoms with Gasteiger partial charge in [0.05, 0.1) is 0 Å². The number of hydrogen-bond acceptors (Lipinski definition) is 1. The molecule has 0 aromatic heterocycles. The van der Waals surface area contributed by atoms with Crippen molar-refractivity contribution in [2.45, 2.75) is 44.9 Å². The maximum Gasteiger partial charge on any atom is 0.207 e. The predicted molar refractivity (Wildman–Crippen MR) is 81.1 cm³/mol. The molecule has 1 aromatic carbocycles. The van der Waals surface area contributed by atoms with E-state index >= 15 is 0 Å². The molecule has 104 valence electrons. The molecule has 0 atom stereocenters. The first-order valence-corrected chi connectivity index (χ1v) is 7.29. The van der Waals surface area contributed by atoms with E-state index in [1.165, 1.54) is 44.1 Å². The number of hydrogen-bond donors (Lipinski definition) is 1. The summed E-state index contributed by atoms with van der Waals surface area (Å²) in [4.78, 5) is 10.00. The summed E-state index contributed by atoms with van der Waals surface area (Å²) in [7, 11) is 0. The largest absolute Gasteiger partial charge is 0.355 e. The van der Waals surface area contributed by atoms with Gasteiger partial charge in [0.15, 0.2) is 0 Å². The van der Waals surface area contributed by atoms with Crippen LogP contribution < -0.4 is 5.32 Å². The monoisotopic (exact) mass is 259 g/mol. The van der Waals surface area contributed by atoms with Gasteiger partial charge in [0.1, 0.15) is 0 Å². The van der Waals surface area contributed by atoms with E-state index in [9.17, 15) is 4.79 Å². The van der Waals surface area contributed by atoms with Crippen molar-refractivity contribution >= 4 is 6.41 Å². The molecule has 0 saturated heterocycles. The maximum absolute atomic E-state index is 10.00. The summed E-state index contributed by atoms with van der Waals surface area (Å²) in [5.41, 5.74) is 1.45. The molecule has 2 heteroatoms. The molecule has 19 heavy (non-hydrogen) atoms. The summed E-state index contributed by atoms with van der Waals surface area (Å²) in [6.45, 7) is 0.653. The van der Waals surface area contributed by atoms with Gasteiger partial charge in [0, 0.05) is 6.54 Å². The van der Waals surface area contributed by atoms with Crippen LogP contribution in [0.5, 0.6) is 0 Å². The van der Waals surface area contributed by atoms with E-state index in [-0.39, 0.29) is 0 Å². The zero-order valence-corrected chi connectivity index (χ0v) is 11.7. The zero-order chi connectivity index (χ0) is 13.6. The third kappa shape index (κ3) is 9.06. The first kappa shape index (κ1) is 15.5. The molecule has 0 fully saturated rings. The van der Waals surface area contributed by atoms with Crippen molar-refractivity contribution in [2.75, 3.05) is 6.54 Å². The summed E-state index contributed by atoms with van der Waals surface area (Å²) in [5, 5.41) is 2.62. The molecule has 0 radical (unpaired) electrons. The van der Waals surface area contributed by atoms with Crippen molar-refractivity contribution < 1.29 is 4.79 Å². The number of carbonyl (C=O) groups is 1. The number of amides is 1. The molecule has 0 heterocycles. The number of allylic oxidation sites excluding steroid dienone is 1. The lowest BCUT2D eigenvalue weighted by atomic mass is 10.0. The molecule has 0 aliphatic carbocycles. The second-order valence-corrected chi connectivity index (χ2v) is 4.79. The third-order valence-corrected chi connectivity index (χ3v) is 3.16. The van der Waals surface area contributed by atoms with Crippen LogP contribution in [-0.2, 0) is 11.2 Å². The zero-order valence-electron chi connectivity index (χ0n) is 11.7. The normalized spacial score (nSPS) is 10.7. The molecule has 0 aliphatic heterocycles. The fourth-order valence-corrected chi connectivity index (χ4v) is 2.08. The van der Waals surface area contributed by atoms with Crippen molar-refractivity contribution in [2.24, 2.45) is 0 Å². The van der Waals surface area contributed by atoms with Gasteiger partial charge < -0.3 is 5.32 Å². The lowest BCUT2D eigenvalue weighted by Gasteiger charge is -2.01. The number of carbonyl (C=O) groups excluding carboxylic acids is 1. The standard InChI is InChI=1S/C17H25NO/c19-16-18-15-11-6-4-2-1-3-5-8-12-17-13-9-7-10-14-17/h6-7,9-11,13-14,16H,1-5,8,12,15H2,(H,18,19). The smallest absolute Gasteiger partial charge is 0.207 e. The van der Waals surface area contributed by atoms with Gasteiger partial charge in [0.2, 0.25) is 6.41 Å². The second-order valence-electron chi connectivity index (χ2n) is 4.79. The fourth-order valence-electron chi connectivity index (χ4n) is 2.08. The number of aryl methyl sites for hydroxylation is 1. The lowest BCUT2D eigenvalue weighted by molar-refractivity contribution is -0.109. The van der Waals surface area contributed by atoms with Crippen molar-refractivity contribution in [3.05, 3.63) is 48.0 Å². The fraction of sp³-hybridized carbons (Fsp3) is 0.471. The SMILES string of the molecule is O=CNCC=CCCCCCCCc1ccccc1. The van der Waals surface area contributed by atoms with Gasteiger partial charge in [-0.15, -0.1) is 0 Å². The Balaban J connectivity index is 1.86.